The molecule has 3 aliphatic carbocycles. The van der Waals surface area contributed by atoms with Crippen LogP contribution in [0.3, 0.4) is 0 Å². The standard InChI is InChI=1S/C38H56N6O8/c1-23(2)22-52-38(51)43-31(26-11-7-5-8-12-26)35(48)41-29(20-25-17-18-25)34(47)40-28(19-24-15-16-24)33(46)36(49)39-21-30(45)42-32(37(50)44(3)4)27-13-9-6-10-14-27/h6,9-10,13-14,23-26,28-29,31-32H,5,7-8,11-12,15-22H2,1-4H3,(H,39,49)(H,40,47)(H,41,48)(H,42,45)(H,43,51)/t28?,29-,31-,32?/m0/s1. The minimum absolute atomic E-state index is 0.112. The predicted octanol–water partition coefficient (Wildman–Crippen LogP) is 2.52. The normalized spacial score (nSPS) is 18.2. The second kappa shape index (κ2) is 19.4. The summed E-state index contributed by atoms with van der Waals surface area (Å²) in [5.74, 6) is -3.65. The van der Waals surface area contributed by atoms with E-state index in [0.717, 1.165) is 57.8 Å². The Hall–Kier alpha value is -4.49. The highest BCUT2D eigenvalue weighted by Crippen LogP contribution is 2.35. The van der Waals surface area contributed by atoms with Gasteiger partial charge in [0.2, 0.25) is 29.4 Å². The molecular formula is C38H56N6O8. The highest BCUT2D eigenvalue weighted by molar-refractivity contribution is 6.38. The van der Waals surface area contributed by atoms with Crippen LogP contribution in [-0.2, 0) is 33.5 Å². The van der Waals surface area contributed by atoms with Crippen LogP contribution in [-0.4, -0.2) is 91.7 Å². The largest absolute Gasteiger partial charge is 0.449 e. The highest BCUT2D eigenvalue weighted by Gasteiger charge is 2.39. The number of amides is 6. The first-order chi connectivity index (χ1) is 24.8. The Morgan fingerprint density at radius 2 is 1.35 bits per heavy atom. The summed E-state index contributed by atoms with van der Waals surface area (Å²) in [6.45, 7) is 3.48. The topological polar surface area (TPSA) is 192 Å². The molecule has 0 heterocycles. The number of hydrogen-bond donors (Lipinski definition) is 5. The van der Waals surface area contributed by atoms with Gasteiger partial charge in [-0.25, -0.2) is 4.79 Å². The second-order valence-corrected chi connectivity index (χ2v) is 15.2. The van der Waals surface area contributed by atoms with E-state index >= 15 is 0 Å². The van der Waals surface area contributed by atoms with E-state index in [4.69, 9.17) is 4.74 Å². The van der Waals surface area contributed by atoms with E-state index in [1.807, 2.05) is 13.8 Å². The molecule has 286 valence electrons. The molecule has 3 saturated carbocycles. The van der Waals surface area contributed by atoms with E-state index in [-0.39, 0.29) is 42.6 Å². The summed E-state index contributed by atoms with van der Waals surface area (Å²) in [4.78, 5) is 93.8. The van der Waals surface area contributed by atoms with Gasteiger partial charge in [0.25, 0.3) is 5.91 Å². The summed E-state index contributed by atoms with van der Waals surface area (Å²) in [6.07, 6.45) is 7.87. The Kier molecular flexibility index (Phi) is 15.0. The van der Waals surface area contributed by atoms with E-state index in [0.29, 0.717) is 12.0 Å². The molecule has 1 aromatic rings. The third-order valence-corrected chi connectivity index (χ3v) is 9.78. The number of benzene rings is 1. The average molecular weight is 725 g/mol. The van der Waals surface area contributed by atoms with Gasteiger partial charge in [0.1, 0.15) is 18.1 Å². The number of carbonyl (C=O) groups is 7. The lowest BCUT2D eigenvalue weighted by Gasteiger charge is -2.31. The summed E-state index contributed by atoms with van der Waals surface area (Å²) in [6, 6.07) is 4.65. The van der Waals surface area contributed by atoms with Gasteiger partial charge in [-0.2, -0.15) is 0 Å². The predicted molar refractivity (Wildman–Crippen MR) is 192 cm³/mol. The van der Waals surface area contributed by atoms with Gasteiger partial charge in [-0.3, -0.25) is 28.8 Å². The number of nitrogens with zero attached hydrogens (tertiary/aromatic N) is 1. The maximum atomic E-state index is 13.8. The molecular weight excluding hydrogens is 668 g/mol. The van der Waals surface area contributed by atoms with Crippen molar-refractivity contribution in [2.45, 2.75) is 109 Å². The summed E-state index contributed by atoms with van der Waals surface area (Å²) in [5, 5.41) is 13.3. The van der Waals surface area contributed by atoms with Crippen LogP contribution in [0.1, 0.15) is 96.1 Å². The van der Waals surface area contributed by atoms with Gasteiger partial charge in [0.05, 0.1) is 19.2 Å². The molecule has 3 aliphatic rings. The fraction of sp³-hybridized carbons (Fsp3) is 0.658. The van der Waals surface area contributed by atoms with Crippen LogP contribution in [0.4, 0.5) is 4.79 Å². The van der Waals surface area contributed by atoms with Crippen LogP contribution in [0, 0.1) is 23.7 Å². The Bertz CT molecular complexity index is 1420. The number of ketones is 1. The molecule has 14 heteroatoms. The van der Waals surface area contributed by atoms with E-state index < -0.39 is 66.2 Å². The molecule has 0 aliphatic heterocycles. The van der Waals surface area contributed by atoms with Crippen molar-refractivity contribution in [1.82, 2.24) is 31.5 Å². The zero-order valence-electron chi connectivity index (χ0n) is 30.9. The fourth-order valence-electron chi connectivity index (χ4n) is 6.46. The molecule has 2 unspecified atom stereocenters. The first-order valence-corrected chi connectivity index (χ1v) is 18.7. The Labute approximate surface area is 306 Å². The minimum Gasteiger partial charge on any atom is -0.449 e. The van der Waals surface area contributed by atoms with Gasteiger partial charge in [0, 0.05) is 14.1 Å². The van der Waals surface area contributed by atoms with Crippen molar-refractivity contribution in [3.63, 3.8) is 0 Å². The molecule has 1 aromatic carbocycles. The van der Waals surface area contributed by atoms with Crippen molar-refractivity contribution in [2.75, 3.05) is 27.2 Å². The summed E-state index contributed by atoms with van der Waals surface area (Å²) in [5.41, 5.74) is 0.559. The van der Waals surface area contributed by atoms with Crippen LogP contribution in [0.2, 0.25) is 0 Å². The lowest BCUT2D eigenvalue weighted by molar-refractivity contribution is -0.141. The van der Waals surface area contributed by atoms with Gasteiger partial charge in [0.15, 0.2) is 0 Å². The summed E-state index contributed by atoms with van der Waals surface area (Å²) in [7, 11) is 3.13. The van der Waals surface area contributed by atoms with E-state index in [2.05, 4.69) is 26.6 Å². The van der Waals surface area contributed by atoms with E-state index in [9.17, 15) is 33.6 Å². The number of hydrogen-bond acceptors (Lipinski definition) is 8. The number of Topliss-reactive ketones (excluding diaryl/α,β-unsaturated/α-hetero) is 1. The lowest BCUT2D eigenvalue weighted by atomic mass is 9.83. The Morgan fingerprint density at radius 3 is 1.92 bits per heavy atom. The maximum Gasteiger partial charge on any atom is 0.407 e. The van der Waals surface area contributed by atoms with E-state index in [1.165, 1.54) is 4.90 Å². The molecule has 0 radical (unpaired) electrons. The third kappa shape index (κ3) is 12.9. The van der Waals surface area contributed by atoms with Gasteiger partial charge in [-0.05, 0) is 54.9 Å². The number of ether oxygens (including phenoxy) is 1. The number of nitrogens with one attached hydrogen (secondary N) is 5. The second-order valence-electron chi connectivity index (χ2n) is 15.2. The fourth-order valence-corrected chi connectivity index (χ4v) is 6.46. The molecule has 4 rings (SSSR count). The SMILES string of the molecule is CC(C)COC(=O)N[C@H](C(=O)N[C@@H](CC1CC1)C(=O)NC(CC1CC1)C(=O)C(=O)NCC(=O)NC(C(=O)N(C)C)c1ccccc1)C1CCCCC1. The first kappa shape index (κ1) is 40.3. The molecule has 3 fully saturated rings. The summed E-state index contributed by atoms with van der Waals surface area (Å²) < 4.78 is 5.31. The zero-order valence-corrected chi connectivity index (χ0v) is 30.9. The molecule has 4 atom stereocenters. The average Bonchev–Trinajstić information content (AvgIpc) is 4.08. The van der Waals surface area contributed by atoms with Crippen molar-refractivity contribution in [3.05, 3.63) is 35.9 Å². The number of alkyl carbamates (subject to hydrolysis) is 1. The van der Waals surface area contributed by atoms with Crippen LogP contribution in [0.25, 0.3) is 0 Å². The smallest absolute Gasteiger partial charge is 0.407 e. The minimum atomic E-state index is -1.16. The van der Waals surface area contributed by atoms with Gasteiger partial charge in [-0.15, -0.1) is 0 Å². The highest BCUT2D eigenvalue weighted by atomic mass is 16.5. The molecule has 5 N–H and O–H groups in total. The van der Waals surface area contributed by atoms with Crippen molar-refractivity contribution >= 4 is 41.4 Å². The van der Waals surface area contributed by atoms with Crippen molar-refractivity contribution in [3.8, 4) is 0 Å². The third-order valence-electron chi connectivity index (χ3n) is 9.78. The maximum absolute atomic E-state index is 13.8. The van der Waals surface area contributed by atoms with Crippen LogP contribution >= 0.6 is 0 Å². The molecule has 0 aromatic heterocycles. The Morgan fingerprint density at radius 1 is 0.750 bits per heavy atom. The molecule has 0 bridgehead atoms. The van der Waals surface area contributed by atoms with Gasteiger partial charge < -0.3 is 36.2 Å². The monoisotopic (exact) mass is 724 g/mol. The molecule has 6 amide bonds. The molecule has 0 spiro atoms. The van der Waals surface area contributed by atoms with Crippen LogP contribution in [0.15, 0.2) is 30.3 Å². The molecule has 52 heavy (non-hydrogen) atoms. The quantitative estimate of drug-likeness (QED) is 0.134. The van der Waals surface area contributed by atoms with Gasteiger partial charge >= 0.3 is 6.09 Å². The summed E-state index contributed by atoms with van der Waals surface area (Å²) >= 11 is 0. The lowest BCUT2D eigenvalue weighted by Crippen LogP contribution is -2.58. The van der Waals surface area contributed by atoms with Crippen molar-refractivity contribution in [1.29, 1.82) is 0 Å². The Balaban J connectivity index is 1.39. The van der Waals surface area contributed by atoms with Crippen LogP contribution in [0.5, 0.6) is 0 Å². The number of carbonyl (C=O) groups excluding carboxylic acids is 7. The zero-order chi connectivity index (χ0) is 37.8. The van der Waals surface area contributed by atoms with Crippen LogP contribution < -0.4 is 26.6 Å². The van der Waals surface area contributed by atoms with Gasteiger partial charge in [-0.1, -0.05) is 89.1 Å². The van der Waals surface area contributed by atoms with E-state index in [1.54, 1.807) is 44.4 Å². The van der Waals surface area contributed by atoms with Crippen molar-refractivity contribution in [2.24, 2.45) is 23.7 Å². The molecule has 14 nitrogen and oxygen atoms in total. The van der Waals surface area contributed by atoms with Crippen molar-refractivity contribution < 1.29 is 38.3 Å². The first-order valence-electron chi connectivity index (χ1n) is 18.7. The molecule has 0 saturated heterocycles. The number of rotatable bonds is 19. The number of likely N-dealkylation sites (N-methyl/N-ethyl adjacent to an activating group) is 1.